The first kappa shape index (κ1) is 18.7. The van der Waals surface area contributed by atoms with E-state index in [4.69, 9.17) is 0 Å². The van der Waals surface area contributed by atoms with Crippen molar-refractivity contribution in [2.75, 3.05) is 11.9 Å². The molecular weight excluding hydrogens is 270 g/mol. The van der Waals surface area contributed by atoms with Gasteiger partial charge in [0.05, 0.1) is 0 Å². The van der Waals surface area contributed by atoms with Gasteiger partial charge in [0.25, 0.3) is 0 Å². The Labute approximate surface area is 136 Å². The maximum absolute atomic E-state index is 12.8. The first-order chi connectivity index (χ1) is 10.2. The number of carbonyl (C=O) groups is 1. The number of anilines is 1. The van der Waals surface area contributed by atoms with E-state index in [1.807, 2.05) is 12.1 Å². The molecule has 1 rings (SSSR count). The molecule has 0 saturated heterocycles. The molecule has 0 radical (unpaired) electrons. The van der Waals surface area contributed by atoms with Gasteiger partial charge < -0.3 is 4.90 Å². The number of nitrogens with zero attached hydrogens (tertiary/aromatic N) is 1. The summed E-state index contributed by atoms with van der Waals surface area (Å²) in [6.07, 6.45) is 1.95. The zero-order valence-electron chi connectivity index (χ0n) is 15.4. The Morgan fingerprint density at radius 1 is 0.909 bits per heavy atom. The quantitative estimate of drug-likeness (QED) is 0.597. The van der Waals surface area contributed by atoms with Gasteiger partial charge in [0.15, 0.2) is 5.78 Å². The van der Waals surface area contributed by atoms with Gasteiger partial charge >= 0.3 is 0 Å². The van der Waals surface area contributed by atoms with E-state index in [2.05, 4.69) is 65.6 Å². The normalized spacial score (nSPS) is 11.8. The van der Waals surface area contributed by atoms with Crippen molar-refractivity contribution in [1.29, 1.82) is 0 Å². The lowest BCUT2D eigenvalue weighted by Crippen LogP contribution is -2.25. The average Bonchev–Trinajstić information content (AvgIpc) is 2.44. The molecule has 0 atom stereocenters. The molecule has 0 amide bonds. The average molecular weight is 303 g/mol. The van der Waals surface area contributed by atoms with E-state index in [1.54, 1.807) is 0 Å². The van der Waals surface area contributed by atoms with Crippen molar-refractivity contribution in [3.8, 4) is 0 Å². The fourth-order valence-corrected chi connectivity index (χ4v) is 2.84. The number of rotatable bonds is 8. The van der Waals surface area contributed by atoms with Crippen molar-refractivity contribution in [2.24, 2.45) is 17.8 Å². The van der Waals surface area contributed by atoms with Gasteiger partial charge in [0, 0.05) is 30.3 Å². The van der Waals surface area contributed by atoms with Crippen LogP contribution in [0.1, 0.15) is 64.7 Å². The minimum Gasteiger partial charge on any atom is -0.372 e. The topological polar surface area (TPSA) is 20.3 Å². The van der Waals surface area contributed by atoms with Crippen molar-refractivity contribution in [3.05, 3.63) is 29.8 Å². The predicted molar refractivity (Wildman–Crippen MR) is 96.7 cm³/mol. The van der Waals surface area contributed by atoms with E-state index >= 15 is 0 Å². The van der Waals surface area contributed by atoms with Crippen LogP contribution in [-0.2, 0) is 0 Å². The number of Topliss-reactive ketones (excluding diaryl/α,β-unsaturated/α-hetero) is 1. The maximum Gasteiger partial charge on any atom is 0.165 e. The first-order valence-electron chi connectivity index (χ1n) is 8.59. The Kier molecular flexibility index (Phi) is 7.12. The van der Waals surface area contributed by atoms with Crippen LogP contribution in [0.15, 0.2) is 24.3 Å². The lowest BCUT2D eigenvalue weighted by atomic mass is 9.84. The van der Waals surface area contributed by atoms with Crippen LogP contribution >= 0.6 is 0 Å². The molecule has 0 saturated carbocycles. The number of hydrogen-bond donors (Lipinski definition) is 0. The van der Waals surface area contributed by atoms with E-state index in [-0.39, 0.29) is 5.92 Å². The van der Waals surface area contributed by atoms with Gasteiger partial charge in [-0.2, -0.15) is 0 Å². The Morgan fingerprint density at radius 2 is 1.36 bits per heavy atom. The molecule has 0 aliphatic heterocycles. The van der Waals surface area contributed by atoms with E-state index in [0.29, 0.717) is 23.7 Å². The van der Waals surface area contributed by atoms with Gasteiger partial charge in [-0.15, -0.1) is 0 Å². The highest BCUT2D eigenvalue weighted by atomic mass is 16.1. The summed E-state index contributed by atoms with van der Waals surface area (Å²) < 4.78 is 0. The second-order valence-corrected chi connectivity index (χ2v) is 7.57. The number of carbonyl (C=O) groups excluding carboxylic acids is 1. The van der Waals surface area contributed by atoms with Crippen LogP contribution < -0.4 is 4.90 Å². The van der Waals surface area contributed by atoms with E-state index in [0.717, 1.165) is 24.1 Å². The maximum atomic E-state index is 12.8. The molecule has 0 unspecified atom stereocenters. The molecule has 0 bridgehead atoms. The first-order valence-corrected chi connectivity index (χ1v) is 8.59. The second kappa shape index (κ2) is 8.36. The van der Waals surface area contributed by atoms with Crippen molar-refractivity contribution >= 4 is 11.5 Å². The molecule has 1 aromatic rings. The number of benzene rings is 1. The minimum absolute atomic E-state index is 0.147. The molecule has 0 aliphatic rings. The number of ketones is 1. The highest BCUT2D eigenvalue weighted by Gasteiger charge is 2.22. The smallest absolute Gasteiger partial charge is 0.165 e. The van der Waals surface area contributed by atoms with Gasteiger partial charge in [0.1, 0.15) is 0 Å². The third-order valence-electron chi connectivity index (χ3n) is 4.22. The van der Waals surface area contributed by atoms with Crippen LogP contribution in [0, 0.1) is 17.8 Å². The van der Waals surface area contributed by atoms with Gasteiger partial charge in [-0.05, 0) is 62.8 Å². The van der Waals surface area contributed by atoms with Crippen molar-refractivity contribution in [1.82, 2.24) is 0 Å². The van der Waals surface area contributed by atoms with Gasteiger partial charge in [-0.3, -0.25) is 4.79 Å². The van der Waals surface area contributed by atoms with Crippen LogP contribution in [0.4, 0.5) is 5.69 Å². The Bertz CT molecular complexity index is 449. The monoisotopic (exact) mass is 303 g/mol. The molecule has 0 fully saturated rings. The Hall–Kier alpha value is -1.31. The fraction of sp³-hybridized carbons (Fsp3) is 0.650. The van der Waals surface area contributed by atoms with Crippen LogP contribution in [0.25, 0.3) is 0 Å². The Morgan fingerprint density at radius 3 is 1.73 bits per heavy atom. The zero-order valence-corrected chi connectivity index (χ0v) is 15.4. The van der Waals surface area contributed by atoms with Crippen molar-refractivity contribution in [2.45, 2.75) is 60.4 Å². The molecule has 0 aromatic heterocycles. The molecular formula is C20H33NO. The molecule has 0 heterocycles. The van der Waals surface area contributed by atoms with E-state index in [1.165, 1.54) is 0 Å². The summed E-state index contributed by atoms with van der Waals surface area (Å²) in [6.45, 7) is 13.1. The summed E-state index contributed by atoms with van der Waals surface area (Å²) in [7, 11) is 2.09. The minimum atomic E-state index is 0.147. The third-order valence-corrected chi connectivity index (χ3v) is 4.22. The van der Waals surface area contributed by atoms with Gasteiger partial charge in [-0.25, -0.2) is 0 Å². The molecule has 124 valence electrons. The second-order valence-electron chi connectivity index (χ2n) is 7.57. The molecule has 0 spiro atoms. The van der Waals surface area contributed by atoms with Gasteiger partial charge in [-0.1, -0.05) is 27.7 Å². The number of hydrogen-bond acceptors (Lipinski definition) is 2. The fourth-order valence-electron chi connectivity index (χ4n) is 2.84. The summed E-state index contributed by atoms with van der Waals surface area (Å²) >= 11 is 0. The van der Waals surface area contributed by atoms with Crippen LogP contribution in [-0.4, -0.2) is 18.9 Å². The highest BCUT2D eigenvalue weighted by Crippen LogP contribution is 2.25. The summed E-state index contributed by atoms with van der Waals surface area (Å²) in [5, 5.41) is 0. The molecule has 1 aromatic carbocycles. The molecule has 0 N–H and O–H groups in total. The van der Waals surface area contributed by atoms with E-state index < -0.39 is 0 Å². The highest BCUT2D eigenvalue weighted by molar-refractivity contribution is 5.98. The van der Waals surface area contributed by atoms with Crippen molar-refractivity contribution < 1.29 is 4.79 Å². The summed E-state index contributed by atoms with van der Waals surface area (Å²) in [6, 6.07) is 8.56. The van der Waals surface area contributed by atoms with Crippen LogP contribution in [0.2, 0.25) is 0 Å². The predicted octanol–water partition coefficient (Wildman–Crippen LogP) is 5.42. The molecule has 22 heavy (non-hydrogen) atoms. The van der Waals surface area contributed by atoms with E-state index in [9.17, 15) is 4.79 Å². The van der Waals surface area contributed by atoms with Crippen LogP contribution in [0.3, 0.4) is 0 Å². The van der Waals surface area contributed by atoms with Crippen LogP contribution in [0.5, 0.6) is 0 Å². The summed E-state index contributed by atoms with van der Waals surface area (Å²) in [5.41, 5.74) is 2.02. The summed E-state index contributed by atoms with van der Waals surface area (Å²) in [4.78, 5) is 15.0. The molecule has 0 aliphatic carbocycles. The largest absolute Gasteiger partial charge is 0.372 e. The Balaban J connectivity index is 2.89. The molecule has 2 nitrogen and oxygen atoms in total. The lowest BCUT2D eigenvalue weighted by molar-refractivity contribution is 0.0885. The molecule has 2 heteroatoms. The third kappa shape index (κ3) is 5.47. The lowest BCUT2D eigenvalue weighted by Gasteiger charge is -2.24. The standard InChI is InChI=1S/C20H33NO/c1-14(2)12-18(13-15(3)4)20(22)17-8-10-19(11-9-17)21(7)16(5)6/h8-11,14-16,18H,12-13H2,1-7H3. The van der Waals surface area contributed by atoms with Gasteiger partial charge in [0.2, 0.25) is 0 Å². The zero-order chi connectivity index (χ0) is 16.9. The van der Waals surface area contributed by atoms with Crippen molar-refractivity contribution in [3.63, 3.8) is 0 Å². The SMILES string of the molecule is CC(C)CC(CC(C)C)C(=O)c1ccc(N(C)C(C)C)cc1. The summed E-state index contributed by atoms with van der Waals surface area (Å²) in [5.74, 6) is 1.56.